The Morgan fingerprint density at radius 1 is 1.36 bits per heavy atom. The molecule has 0 radical (unpaired) electrons. The Kier molecular flexibility index (Phi) is 3.88. The van der Waals surface area contributed by atoms with Crippen LogP contribution in [-0.4, -0.2) is 18.7 Å². The van der Waals surface area contributed by atoms with Gasteiger partial charge in [0.25, 0.3) is 0 Å². The largest absolute Gasteiger partial charge is 0.497 e. The van der Waals surface area contributed by atoms with Crippen LogP contribution in [0.25, 0.3) is 11.6 Å². The van der Waals surface area contributed by atoms with Crippen molar-refractivity contribution >= 4 is 11.6 Å². The zero-order chi connectivity index (χ0) is 15.4. The highest BCUT2D eigenvalue weighted by Gasteiger charge is 2.12. The van der Waals surface area contributed by atoms with Crippen LogP contribution < -0.4 is 9.47 Å². The van der Waals surface area contributed by atoms with E-state index in [-0.39, 0.29) is 0 Å². The van der Waals surface area contributed by atoms with Crippen molar-refractivity contribution in [1.82, 2.24) is 4.98 Å². The Balaban J connectivity index is 1.94. The van der Waals surface area contributed by atoms with E-state index in [4.69, 9.17) is 9.47 Å². The van der Waals surface area contributed by atoms with Crippen LogP contribution in [0.2, 0.25) is 0 Å². The Morgan fingerprint density at radius 2 is 2.27 bits per heavy atom. The number of benzene rings is 1. The molecule has 22 heavy (non-hydrogen) atoms. The van der Waals surface area contributed by atoms with Crippen molar-refractivity contribution < 1.29 is 9.47 Å². The summed E-state index contributed by atoms with van der Waals surface area (Å²) in [6, 6.07) is 13.4. The predicted octanol–water partition coefficient (Wildman–Crippen LogP) is 3.47. The maximum Gasteiger partial charge on any atom is 0.130 e. The lowest BCUT2D eigenvalue weighted by Gasteiger charge is -2.17. The number of ether oxygens (including phenoxy) is 2. The minimum absolute atomic E-state index is 0.415. The molecule has 0 amide bonds. The minimum Gasteiger partial charge on any atom is -0.497 e. The van der Waals surface area contributed by atoms with E-state index >= 15 is 0 Å². The molecule has 0 bridgehead atoms. The summed E-state index contributed by atoms with van der Waals surface area (Å²) in [6.07, 6.45) is 5.50. The lowest BCUT2D eigenvalue weighted by atomic mass is 10.0. The van der Waals surface area contributed by atoms with E-state index in [0.29, 0.717) is 17.9 Å². The molecule has 0 spiro atoms. The topological polar surface area (TPSA) is 55.1 Å². The summed E-state index contributed by atoms with van der Waals surface area (Å²) in [5.41, 5.74) is 3.08. The fraction of sp³-hybridized carbons (Fsp3) is 0.111. The van der Waals surface area contributed by atoms with Crippen molar-refractivity contribution in [3.63, 3.8) is 0 Å². The summed E-state index contributed by atoms with van der Waals surface area (Å²) in [4.78, 5) is 4.21. The molecular formula is C18H14N2O2. The summed E-state index contributed by atoms with van der Waals surface area (Å²) in [6.45, 7) is 0.415. The Hall–Kier alpha value is -3.06. The maximum absolute atomic E-state index is 9.33. The second-order valence-electron chi connectivity index (χ2n) is 4.80. The third-order valence-corrected chi connectivity index (χ3v) is 3.35. The van der Waals surface area contributed by atoms with E-state index in [9.17, 15) is 5.26 Å². The number of nitrogens with zero attached hydrogens (tertiary/aromatic N) is 2. The third kappa shape index (κ3) is 2.84. The summed E-state index contributed by atoms with van der Waals surface area (Å²) < 4.78 is 10.9. The molecule has 1 aromatic carbocycles. The molecule has 0 saturated carbocycles. The minimum atomic E-state index is 0.415. The zero-order valence-electron chi connectivity index (χ0n) is 12.1. The monoisotopic (exact) mass is 290 g/mol. The van der Waals surface area contributed by atoms with Crippen molar-refractivity contribution in [2.75, 3.05) is 13.7 Å². The van der Waals surface area contributed by atoms with Crippen LogP contribution >= 0.6 is 0 Å². The summed E-state index contributed by atoms with van der Waals surface area (Å²) in [7, 11) is 1.63. The smallest absolute Gasteiger partial charge is 0.130 e. The van der Waals surface area contributed by atoms with Crippen LogP contribution in [0, 0.1) is 11.3 Å². The standard InChI is InChI=1S/C18H14N2O2/c1-21-16-6-5-14-8-13(12-22-18(14)10-16)9-15(11-19)17-4-2-3-7-20-17/h2-10H,12H2,1H3. The van der Waals surface area contributed by atoms with E-state index < -0.39 is 0 Å². The molecule has 0 atom stereocenters. The second-order valence-corrected chi connectivity index (χ2v) is 4.80. The van der Waals surface area contributed by atoms with Gasteiger partial charge in [-0.2, -0.15) is 5.26 Å². The Bertz CT molecular complexity index is 786. The fourth-order valence-corrected chi connectivity index (χ4v) is 2.24. The molecule has 2 heterocycles. The molecule has 4 nitrogen and oxygen atoms in total. The van der Waals surface area contributed by atoms with Gasteiger partial charge in [-0.25, -0.2) is 0 Å². The van der Waals surface area contributed by atoms with Gasteiger partial charge in [-0.05, 0) is 42.0 Å². The van der Waals surface area contributed by atoms with Crippen molar-refractivity contribution in [3.8, 4) is 17.6 Å². The number of rotatable bonds is 3. The van der Waals surface area contributed by atoms with Crippen LogP contribution in [0.1, 0.15) is 11.3 Å². The van der Waals surface area contributed by atoms with Gasteiger partial charge in [0.15, 0.2) is 0 Å². The Morgan fingerprint density at radius 3 is 3.00 bits per heavy atom. The van der Waals surface area contributed by atoms with Crippen molar-refractivity contribution in [2.24, 2.45) is 0 Å². The van der Waals surface area contributed by atoms with Crippen molar-refractivity contribution in [3.05, 3.63) is 65.5 Å². The number of methoxy groups -OCH3 is 1. The van der Waals surface area contributed by atoms with Crippen LogP contribution in [0.3, 0.4) is 0 Å². The molecule has 108 valence electrons. The number of pyridine rings is 1. The molecule has 1 aromatic heterocycles. The van der Waals surface area contributed by atoms with Crippen LogP contribution in [0.5, 0.6) is 11.5 Å². The quantitative estimate of drug-likeness (QED) is 0.812. The molecule has 0 N–H and O–H groups in total. The molecule has 0 fully saturated rings. The summed E-state index contributed by atoms with van der Waals surface area (Å²) in [5, 5.41) is 9.33. The number of hydrogen-bond donors (Lipinski definition) is 0. The third-order valence-electron chi connectivity index (χ3n) is 3.35. The SMILES string of the molecule is COc1ccc2c(c1)OCC(C=C(C#N)c1ccccn1)=C2. The number of nitriles is 1. The van der Waals surface area contributed by atoms with Gasteiger partial charge in [-0.3, -0.25) is 4.98 Å². The highest BCUT2D eigenvalue weighted by molar-refractivity contribution is 5.79. The van der Waals surface area contributed by atoms with Gasteiger partial charge < -0.3 is 9.47 Å². The maximum atomic E-state index is 9.33. The molecular weight excluding hydrogens is 276 g/mol. The van der Waals surface area contributed by atoms with Crippen molar-refractivity contribution in [2.45, 2.75) is 0 Å². The van der Waals surface area contributed by atoms with Crippen molar-refractivity contribution in [1.29, 1.82) is 5.26 Å². The second kappa shape index (κ2) is 6.15. The summed E-state index contributed by atoms with van der Waals surface area (Å²) >= 11 is 0. The van der Waals surface area contributed by atoms with E-state index in [1.165, 1.54) is 0 Å². The molecule has 0 aliphatic carbocycles. The normalized spacial score (nSPS) is 13.5. The van der Waals surface area contributed by atoms with Gasteiger partial charge in [-0.15, -0.1) is 0 Å². The van der Waals surface area contributed by atoms with Gasteiger partial charge in [0, 0.05) is 17.8 Å². The van der Waals surface area contributed by atoms with Gasteiger partial charge >= 0.3 is 0 Å². The first-order valence-electron chi connectivity index (χ1n) is 6.85. The van der Waals surface area contributed by atoms with Crippen LogP contribution in [0.4, 0.5) is 0 Å². The van der Waals surface area contributed by atoms with Crippen LogP contribution in [0.15, 0.2) is 54.2 Å². The molecule has 1 aliphatic heterocycles. The van der Waals surface area contributed by atoms with Crippen LogP contribution in [-0.2, 0) is 0 Å². The molecule has 1 aliphatic rings. The number of hydrogen-bond acceptors (Lipinski definition) is 4. The average Bonchev–Trinajstić information content (AvgIpc) is 2.59. The fourth-order valence-electron chi connectivity index (χ4n) is 2.24. The lowest BCUT2D eigenvalue weighted by Crippen LogP contribution is -2.06. The first-order chi connectivity index (χ1) is 10.8. The number of aromatic nitrogens is 1. The summed E-state index contributed by atoms with van der Waals surface area (Å²) in [5.74, 6) is 1.55. The molecule has 3 rings (SSSR count). The predicted molar refractivity (Wildman–Crippen MR) is 84.3 cm³/mol. The highest BCUT2D eigenvalue weighted by atomic mass is 16.5. The molecule has 4 heteroatoms. The first-order valence-corrected chi connectivity index (χ1v) is 6.85. The van der Waals surface area contributed by atoms with E-state index in [0.717, 1.165) is 22.6 Å². The van der Waals surface area contributed by atoms with Gasteiger partial charge in [-0.1, -0.05) is 6.07 Å². The zero-order valence-corrected chi connectivity index (χ0v) is 12.1. The number of allylic oxidation sites excluding steroid dienone is 1. The van der Waals surface area contributed by atoms with Gasteiger partial charge in [0.2, 0.25) is 0 Å². The van der Waals surface area contributed by atoms with E-state index in [1.54, 1.807) is 13.3 Å². The van der Waals surface area contributed by atoms with Gasteiger partial charge in [0.05, 0.1) is 18.4 Å². The first kappa shape index (κ1) is 13.9. The highest BCUT2D eigenvalue weighted by Crippen LogP contribution is 2.31. The molecule has 0 unspecified atom stereocenters. The van der Waals surface area contributed by atoms with Gasteiger partial charge in [0.1, 0.15) is 24.2 Å². The lowest BCUT2D eigenvalue weighted by molar-refractivity contribution is 0.346. The molecule has 2 aromatic rings. The average molecular weight is 290 g/mol. The van der Waals surface area contributed by atoms with E-state index in [1.807, 2.05) is 48.6 Å². The molecule has 0 saturated heterocycles. The Labute approximate surface area is 128 Å². The number of fused-ring (bicyclic) bond motifs is 1. The van der Waals surface area contributed by atoms with E-state index in [2.05, 4.69) is 11.1 Å².